The maximum absolute atomic E-state index is 4.72. The van der Waals surface area contributed by atoms with Crippen molar-refractivity contribution < 1.29 is 0 Å². The molecule has 2 rings (SSSR count). The lowest BCUT2D eigenvalue weighted by atomic mass is 10.0. The van der Waals surface area contributed by atoms with Crippen molar-refractivity contribution in [2.75, 3.05) is 26.2 Å². The minimum atomic E-state index is 0.645. The van der Waals surface area contributed by atoms with E-state index < -0.39 is 0 Å². The molecule has 2 heterocycles. The third kappa shape index (κ3) is 5.29. The molecule has 0 aromatic carbocycles. The van der Waals surface area contributed by atoms with E-state index in [1.54, 1.807) is 0 Å². The summed E-state index contributed by atoms with van der Waals surface area (Å²) in [6.45, 7) is 11.6. The second kappa shape index (κ2) is 9.16. The Balaban J connectivity index is 1.87. The predicted octanol–water partition coefficient (Wildman–Crippen LogP) is 2.99. The van der Waals surface area contributed by atoms with Crippen LogP contribution in [0, 0.1) is 6.92 Å². The first-order valence-corrected chi connectivity index (χ1v) is 9.36. The van der Waals surface area contributed by atoms with E-state index in [-0.39, 0.29) is 0 Å². The van der Waals surface area contributed by atoms with E-state index in [0.717, 1.165) is 32.1 Å². The number of hydrogen-bond donors (Lipinski definition) is 2. The topological polar surface area (TPSA) is 39.7 Å². The Morgan fingerprint density at radius 3 is 2.86 bits per heavy atom. The number of nitrogens with one attached hydrogen (secondary N) is 2. The molecule has 1 aliphatic heterocycles. The smallest absolute Gasteiger partial charge is 0.191 e. The van der Waals surface area contributed by atoms with Gasteiger partial charge in [0.05, 0.1) is 6.54 Å². The van der Waals surface area contributed by atoms with Gasteiger partial charge >= 0.3 is 0 Å². The van der Waals surface area contributed by atoms with Crippen molar-refractivity contribution in [3.05, 3.63) is 21.9 Å². The van der Waals surface area contributed by atoms with E-state index in [4.69, 9.17) is 4.99 Å². The largest absolute Gasteiger partial charge is 0.357 e. The molecule has 22 heavy (non-hydrogen) atoms. The van der Waals surface area contributed by atoms with Crippen LogP contribution in [0.15, 0.2) is 17.1 Å². The molecule has 5 heteroatoms. The fraction of sp³-hybridized carbons (Fsp3) is 0.706. The minimum absolute atomic E-state index is 0.645. The molecule has 0 saturated carbocycles. The van der Waals surface area contributed by atoms with E-state index in [0.29, 0.717) is 6.04 Å². The number of likely N-dealkylation sites (N-methyl/N-ethyl adjacent to an activating group) is 1. The SMILES string of the molecule is CCNC(=NCc1ccc(C)s1)NCC1CCCCN1CC. The maximum atomic E-state index is 4.72. The van der Waals surface area contributed by atoms with Crippen molar-refractivity contribution in [1.29, 1.82) is 0 Å². The van der Waals surface area contributed by atoms with Gasteiger partial charge in [-0.15, -0.1) is 11.3 Å². The monoisotopic (exact) mass is 322 g/mol. The van der Waals surface area contributed by atoms with Crippen LogP contribution in [0.5, 0.6) is 0 Å². The molecule has 1 fully saturated rings. The zero-order valence-electron chi connectivity index (χ0n) is 14.2. The summed E-state index contributed by atoms with van der Waals surface area (Å²) in [5, 5.41) is 6.89. The fourth-order valence-electron chi connectivity index (χ4n) is 2.99. The Bertz CT molecular complexity index is 469. The second-order valence-electron chi connectivity index (χ2n) is 5.87. The predicted molar refractivity (Wildman–Crippen MR) is 96.8 cm³/mol. The molecule has 2 N–H and O–H groups in total. The summed E-state index contributed by atoms with van der Waals surface area (Å²) in [5.41, 5.74) is 0. The lowest BCUT2D eigenvalue weighted by molar-refractivity contribution is 0.157. The van der Waals surface area contributed by atoms with Crippen LogP contribution < -0.4 is 10.6 Å². The van der Waals surface area contributed by atoms with Gasteiger partial charge in [0.25, 0.3) is 0 Å². The fourth-order valence-corrected chi connectivity index (χ4v) is 3.81. The molecule has 1 aromatic heterocycles. The van der Waals surface area contributed by atoms with E-state index in [1.807, 2.05) is 11.3 Å². The zero-order valence-corrected chi connectivity index (χ0v) is 15.0. The number of guanidine groups is 1. The van der Waals surface area contributed by atoms with Crippen molar-refractivity contribution in [2.24, 2.45) is 4.99 Å². The third-order valence-electron chi connectivity index (χ3n) is 4.19. The van der Waals surface area contributed by atoms with Gasteiger partial charge in [-0.3, -0.25) is 4.90 Å². The Morgan fingerprint density at radius 2 is 2.18 bits per heavy atom. The second-order valence-corrected chi connectivity index (χ2v) is 7.24. The first-order valence-electron chi connectivity index (χ1n) is 8.54. The summed E-state index contributed by atoms with van der Waals surface area (Å²) in [4.78, 5) is 9.98. The van der Waals surface area contributed by atoms with Gasteiger partial charge in [-0.25, -0.2) is 4.99 Å². The minimum Gasteiger partial charge on any atom is -0.357 e. The van der Waals surface area contributed by atoms with Crippen molar-refractivity contribution >= 4 is 17.3 Å². The molecule has 1 aromatic rings. The maximum Gasteiger partial charge on any atom is 0.191 e. The van der Waals surface area contributed by atoms with Gasteiger partial charge in [-0.05, 0) is 51.9 Å². The lowest BCUT2D eigenvalue weighted by Crippen LogP contribution is -2.49. The van der Waals surface area contributed by atoms with Crippen molar-refractivity contribution in [3.8, 4) is 0 Å². The van der Waals surface area contributed by atoms with E-state index >= 15 is 0 Å². The molecular weight excluding hydrogens is 292 g/mol. The summed E-state index contributed by atoms with van der Waals surface area (Å²) < 4.78 is 0. The number of rotatable bonds is 6. The Labute approximate surface area is 139 Å². The lowest BCUT2D eigenvalue weighted by Gasteiger charge is -2.35. The molecule has 124 valence electrons. The Morgan fingerprint density at radius 1 is 1.32 bits per heavy atom. The summed E-state index contributed by atoms with van der Waals surface area (Å²) in [6, 6.07) is 4.98. The highest BCUT2D eigenvalue weighted by Gasteiger charge is 2.20. The van der Waals surface area contributed by atoms with Crippen molar-refractivity contribution in [3.63, 3.8) is 0 Å². The molecule has 0 radical (unpaired) electrons. The summed E-state index contributed by atoms with van der Waals surface area (Å²) >= 11 is 1.83. The molecule has 0 amide bonds. The number of aliphatic imine (C=N–C) groups is 1. The van der Waals surface area contributed by atoms with Crippen LogP contribution >= 0.6 is 11.3 Å². The number of aryl methyl sites for hydroxylation is 1. The van der Waals surface area contributed by atoms with E-state index in [1.165, 1.54) is 35.6 Å². The average molecular weight is 323 g/mol. The number of nitrogens with zero attached hydrogens (tertiary/aromatic N) is 2. The molecule has 0 aliphatic carbocycles. The van der Waals surface area contributed by atoms with Crippen LogP contribution in [0.1, 0.15) is 42.9 Å². The van der Waals surface area contributed by atoms with E-state index in [9.17, 15) is 0 Å². The van der Waals surface area contributed by atoms with Gasteiger partial charge in [-0.1, -0.05) is 13.3 Å². The molecule has 1 aliphatic rings. The van der Waals surface area contributed by atoms with Crippen molar-refractivity contribution in [2.45, 2.75) is 52.6 Å². The van der Waals surface area contributed by atoms with Crippen LogP contribution in [0.25, 0.3) is 0 Å². The first kappa shape index (κ1) is 17.3. The molecule has 4 nitrogen and oxygen atoms in total. The van der Waals surface area contributed by atoms with Gasteiger partial charge in [0.2, 0.25) is 0 Å². The molecule has 1 atom stereocenters. The summed E-state index contributed by atoms with van der Waals surface area (Å²) in [5.74, 6) is 0.940. The Hall–Kier alpha value is -1.07. The molecule has 1 saturated heterocycles. The van der Waals surface area contributed by atoms with Crippen LogP contribution in [0.2, 0.25) is 0 Å². The standard InChI is InChI=1S/C17H30N4S/c1-4-18-17(20-13-16-10-9-14(3)22-16)19-12-15-8-6-7-11-21(15)5-2/h9-10,15H,4-8,11-13H2,1-3H3,(H2,18,19,20). The number of hydrogen-bond acceptors (Lipinski definition) is 3. The zero-order chi connectivity index (χ0) is 15.8. The molecular formula is C17H30N4S. The first-order chi connectivity index (χ1) is 10.7. The average Bonchev–Trinajstić information content (AvgIpc) is 2.96. The van der Waals surface area contributed by atoms with Crippen LogP contribution in [-0.2, 0) is 6.54 Å². The van der Waals surface area contributed by atoms with Crippen molar-refractivity contribution in [1.82, 2.24) is 15.5 Å². The summed E-state index contributed by atoms with van der Waals surface area (Å²) in [7, 11) is 0. The molecule has 0 spiro atoms. The number of thiophene rings is 1. The van der Waals surface area contributed by atoms with Gasteiger partial charge in [0, 0.05) is 28.9 Å². The van der Waals surface area contributed by atoms with E-state index in [2.05, 4.69) is 48.4 Å². The highest BCUT2D eigenvalue weighted by molar-refractivity contribution is 7.11. The molecule has 0 bridgehead atoms. The highest BCUT2D eigenvalue weighted by atomic mass is 32.1. The molecule has 1 unspecified atom stereocenters. The van der Waals surface area contributed by atoms with Crippen LogP contribution in [0.3, 0.4) is 0 Å². The van der Waals surface area contributed by atoms with Gasteiger partial charge in [0.1, 0.15) is 0 Å². The normalized spacial score (nSPS) is 20.1. The number of piperidine rings is 1. The van der Waals surface area contributed by atoms with Gasteiger partial charge in [-0.2, -0.15) is 0 Å². The number of likely N-dealkylation sites (tertiary alicyclic amines) is 1. The summed E-state index contributed by atoms with van der Waals surface area (Å²) in [6.07, 6.45) is 3.99. The Kier molecular flexibility index (Phi) is 7.19. The quantitative estimate of drug-likeness (QED) is 0.625. The third-order valence-corrected chi connectivity index (χ3v) is 5.18. The van der Waals surface area contributed by atoms with Gasteiger partial charge in [0.15, 0.2) is 5.96 Å². The van der Waals surface area contributed by atoms with Crippen LogP contribution in [-0.4, -0.2) is 43.1 Å². The van der Waals surface area contributed by atoms with Crippen LogP contribution in [0.4, 0.5) is 0 Å². The van der Waals surface area contributed by atoms with Gasteiger partial charge < -0.3 is 10.6 Å². The highest BCUT2D eigenvalue weighted by Crippen LogP contribution is 2.16.